The molecule has 0 radical (unpaired) electrons. The van der Waals surface area contributed by atoms with Crippen LogP contribution in [0.1, 0.15) is 22.2 Å². The topological polar surface area (TPSA) is 37.3 Å². The highest BCUT2D eigenvalue weighted by molar-refractivity contribution is 9.11. The van der Waals surface area contributed by atoms with Crippen molar-refractivity contribution in [3.05, 3.63) is 20.3 Å². The fourth-order valence-corrected chi connectivity index (χ4v) is 2.24. The molecule has 0 aliphatic heterocycles. The number of halogens is 1. The highest BCUT2D eigenvalue weighted by atomic mass is 79.9. The average molecular weight is 235 g/mol. The fraction of sp³-hybridized carbons (Fsp3) is 0.286. The molecule has 2 nitrogen and oxygen atoms in total. The summed E-state index contributed by atoms with van der Waals surface area (Å²) in [5.74, 6) is 0.0374. The Kier molecular flexibility index (Phi) is 2.81. The van der Waals surface area contributed by atoms with Crippen LogP contribution in [-0.4, -0.2) is 10.9 Å². The third-order valence-corrected chi connectivity index (χ3v) is 3.34. The Morgan fingerprint density at radius 3 is 2.73 bits per heavy atom. The van der Waals surface area contributed by atoms with E-state index >= 15 is 0 Å². The summed E-state index contributed by atoms with van der Waals surface area (Å²) in [6.07, 6.45) is 0. The molecule has 0 atom stereocenters. The SMILES string of the molecule is CC(=O)c1cc(CO)c(Br)s1. The molecule has 1 aromatic rings. The maximum Gasteiger partial charge on any atom is 0.169 e. The molecule has 0 saturated carbocycles. The molecule has 0 amide bonds. The maximum atomic E-state index is 10.8. The summed E-state index contributed by atoms with van der Waals surface area (Å²) in [4.78, 5) is 11.5. The standard InChI is InChI=1S/C7H7BrO2S/c1-4(10)6-2-5(3-9)7(8)11-6/h2,9H,3H2,1H3. The van der Waals surface area contributed by atoms with Crippen LogP contribution >= 0.6 is 27.3 Å². The van der Waals surface area contributed by atoms with E-state index in [4.69, 9.17) is 5.11 Å². The van der Waals surface area contributed by atoms with Gasteiger partial charge in [0.15, 0.2) is 5.78 Å². The summed E-state index contributed by atoms with van der Waals surface area (Å²) in [6.45, 7) is 1.49. The van der Waals surface area contributed by atoms with Crippen molar-refractivity contribution in [3.63, 3.8) is 0 Å². The van der Waals surface area contributed by atoms with Gasteiger partial charge in [-0.3, -0.25) is 4.79 Å². The number of carbonyl (C=O) groups excluding carboxylic acids is 1. The van der Waals surface area contributed by atoms with E-state index in [1.54, 1.807) is 6.07 Å². The molecule has 11 heavy (non-hydrogen) atoms. The Morgan fingerprint density at radius 1 is 1.82 bits per heavy atom. The van der Waals surface area contributed by atoms with Crippen molar-refractivity contribution in [2.45, 2.75) is 13.5 Å². The molecule has 0 unspecified atom stereocenters. The van der Waals surface area contributed by atoms with Gasteiger partial charge in [-0.05, 0) is 28.9 Å². The number of aliphatic hydroxyl groups is 1. The van der Waals surface area contributed by atoms with Gasteiger partial charge in [-0.2, -0.15) is 0 Å². The zero-order chi connectivity index (χ0) is 8.43. The number of Topliss-reactive ketones (excluding diaryl/α,β-unsaturated/α-hetero) is 1. The van der Waals surface area contributed by atoms with Crippen LogP contribution in [0.15, 0.2) is 9.85 Å². The van der Waals surface area contributed by atoms with E-state index in [0.717, 1.165) is 9.35 Å². The molecule has 0 saturated heterocycles. The lowest BCUT2D eigenvalue weighted by Crippen LogP contribution is -1.85. The molecule has 4 heteroatoms. The largest absolute Gasteiger partial charge is 0.392 e. The Bertz CT molecular complexity index is 280. The highest BCUT2D eigenvalue weighted by Gasteiger charge is 2.08. The van der Waals surface area contributed by atoms with Crippen molar-refractivity contribution >= 4 is 33.0 Å². The van der Waals surface area contributed by atoms with Gasteiger partial charge in [-0.25, -0.2) is 0 Å². The van der Waals surface area contributed by atoms with Gasteiger partial charge in [0.05, 0.1) is 15.3 Å². The smallest absolute Gasteiger partial charge is 0.169 e. The van der Waals surface area contributed by atoms with Crippen molar-refractivity contribution in [2.24, 2.45) is 0 Å². The van der Waals surface area contributed by atoms with E-state index in [-0.39, 0.29) is 12.4 Å². The second-order valence-electron chi connectivity index (χ2n) is 2.12. The van der Waals surface area contributed by atoms with Crippen LogP contribution in [-0.2, 0) is 6.61 Å². The van der Waals surface area contributed by atoms with E-state index in [1.807, 2.05) is 0 Å². The van der Waals surface area contributed by atoms with E-state index in [1.165, 1.54) is 18.3 Å². The van der Waals surface area contributed by atoms with Gasteiger partial charge in [0.1, 0.15) is 0 Å². The minimum atomic E-state index is -0.0234. The molecule has 0 bridgehead atoms. The highest BCUT2D eigenvalue weighted by Crippen LogP contribution is 2.28. The molecule has 0 aliphatic carbocycles. The summed E-state index contributed by atoms with van der Waals surface area (Å²) in [6, 6.07) is 1.71. The summed E-state index contributed by atoms with van der Waals surface area (Å²) in [5.41, 5.74) is 0.778. The monoisotopic (exact) mass is 234 g/mol. The Labute approximate surface area is 77.0 Å². The number of rotatable bonds is 2. The molecule has 1 heterocycles. The predicted molar refractivity (Wildman–Crippen MR) is 47.9 cm³/mol. The molecule has 0 spiro atoms. The molecular formula is C7H7BrO2S. The van der Waals surface area contributed by atoms with Gasteiger partial charge in [0, 0.05) is 5.56 Å². The second-order valence-corrected chi connectivity index (χ2v) is 4.49. The van der Waals surface area contributed by atoms with Crippen LogP contribution in [0.3, 0.4) is 0 Å². The first-order valence-corrected chi connectivity index (χ1v) is 4.66. The molecule has 0 fully saturated rings. The van der Waals surface area contributed by atoms with E-state index in [9.17, 15) is 4.79 Å². The minimum Gasteiger partial charge on any atom is -0.392 e. The number of hydrogen-bond donors (Lipinski definition) is 1. The predicted octanol–water partition coefficient (Wildman–Crippen LogP) is 2.21. The lowest BCUT2D eigenvalue weighted by atomic mass is 10.3. The number of carbonyl (C=O) groups is 1. The van der Waals surface area contributed by atoms with Crippen LogP contribution in [0.5, 0.6) is 0 Å². The number of hydrogen-bond acceptors (Lipinski definition) is 3. The first-order chi connectivity index (χ1) is 5.15. The van der Waals surface area contributed by atoms with Crippen molar-refractivity contribution in [2.75, 3.05) is 0 Å². The minimum absolute atomic E-state index is 0.0234. The number of thiophene rings is 1. The lowest BCUT2D eigenvalue weighted by Gasteiger charge is -1.85. The second kappa shape index (κ2) is 3.47. The molecule has 0 aliphatic rings. The van der Waals surface area contributed by atoms with Crippen molar-refractivity contribution in [1.29, 1.82) is 0 Å². The first-order valence-electron chi connectivity index (χ1n) is 3.05. The Morgan fingerprint density at radius 2 is 2.45 bits per heavy atom. The van der Waals surface area contributed by atoms with E-state index in [2.05, 4.69) is 15.9 Å². The number of aliphatic hydroxyl groups excluding tert-OH is 1. The zero-order valence-corrected chi connectivity index (χ0v) is 8.33. The van der Waals surface area contributed by atoms with Crippen molar-refractivity contribution < 1.29 is 9.90 Å². The summed E-state index contributed by atoms with van der Waals surface area (Å²) < 4.78 is 0.838. The van der Waals surface area contributed by atoms with Gasteiger partial charge in [-0.1, -0.05) is 0 Å². The average Bonchev–Trinajstić information content (AvgIpc) is 2.31. The van der Waals surface area contributed by atoms with Crippen molar-refractivity contribution in [1.82, 2.24) is 0 Å². The molecule has 60 valence electrons. The molecule has 0 aromatic carbocycles. The van der Waals surface area contributed by atoms with E-state index < -0.39 is 0 Å². The van der Waals surface area contributed by atoms with Gasteiger partial charge in [0.25, 0.3) is 0 Å². The number of ketones is 1. The normalized spacial score (nSPS) is 10.1. The lowest BCUT2D eigenvalue weighted by molar-refractivity contribution is 0.102. The Hall–Kier alpha value is -0.190. The van der Waals surface area contributed by atoms with Gasteiger partial charge < -0.3 is 5.11 Å². The van der Waals surface area contributed by atoms with Crippen LogP contribution in [0.25, 0.3) is 0 Å². The maximum absolute atomic E-state index is 10.8. The summed E-state index contributed by atoms with van der Waals surface area (Å²) >= 11 is 4.61. The quantitative estimate of drug-likeness (QED) is 0.798. The molecule has 1 N–H and O–H groups in total. The van der Waals surface area contributed by atoms with Crippen molar-refractivity contribution in [3.8, 4) is 0 Å². The summed E-state index contributed by atoms with van der Waals surface area (Å²) in [5, 5.41) is 8.78. The van der Waals surface area contributed by atoms with Crippen LogP contribution in [0.4, 0.5) is 0 Å². The Balaban J connectivity index is 3.05. The van der Waals surface area contributed by atoms with Crippen LogP contribution < -0.4 is 0 Å². The van der Waals surface area contributed by atoms with Gasteiger partial charge in [0.2, 0.25) is 0 Å². The third kappa shape index (κ3) is 1.89. The van der Waals surface area contributed by atoms with Crippen LogP contribution in [0.2, 0.25) is 0 Å². The summed E-state index contributed by atoms with van der Waals surface area (Å²) in [7, 11) is 0. The van der Waals surface area contributed by atoms with Gasteiger partial charge in [-0.15, -0.1) is 11.3 Å². The zero-order valence-electron chi connectivity index (χ0n) is 5.93. The molecule has 1 rings (SSSR count). The third-order valence-electron chi connectivity index (χ3n) is 1.27. The van der Waals surface area contributed by atoms with Gasteiger partial charge >= 0.3 is 0 Å². The fourth-order valence-electron chi connectivity index (χ4n) is 0.688. The molecular weight excluding hydrogens is 228 g/mol. The van der Waals surface area contributed by atoms with E-state index in [0.29, 0.717) is 4.88 Å². The first kappa shape index (κ1) is 8.90. The molecule has 1 aromatic heterocycles. The van der Waals surface area contributed by atoms with Crippen LogP contribution in [0, 0.1) is 0 Å².